The molecule has 1 heterocycles. The maximum atomic E-state index is 13.1. The third-order valence-corrected chi connectivity index (χ3v) is 5.48. The number of rotatable bonds is 5. The second-order valence-electron chi connectivity index (χ2n) is 7.36. The molecular weight excluding hydrogens is 346 g/mol. The van der Waals surface area contributed by atoms with Gasteiger partial charge in [-0.2, -0.15) is 0 Å². The van der Waals surface area contributed by atoms with Crippen molar-refractivity contribution in [2.45, 2.75) is 32.9 Å². The number of aryl methyl sites for hydroxylation is 1. The highest BCUT2D eigenvalue weighted by atomic mass is 16.5. The Hall–Kier alpha value is -3.07. The zero-order valence-corrected chi connectivity index (χ0v) is 16.4. The summed E-state index contributed by atoms with van der Waals surface area (Å²) in [4.78, 5) is 15.1. The van der Waals surface area contributed by atoms with E-state index < -0.39 is 0 Å². The quantitative estimate of drug-likeness (QED) is 0.606. The molecular formula is C25H25NO2. The molecule has 3 heteroatoms. The largest absolute Gasteiger partial charge is 0.486 e. The van der Waals surface area contributed by atoms with Gasteiger partial charge in [0, 0.05) is 24.2 Å². The van der Waals surface area contributed by atoms with Crippen LogP contribution in [-0.4, -0.2) is 17.4 Å². The van der Waals surface area contributed by atoms with E-state index in [9.17, 15) is 4.79 Å². The predicted molar refractivity (Wildman–Crippen MR) is 112 cm³/mol. The van der Waals surface area contributed by atoms with Gasteiger partial charge in [-0.05, 0) is 49.1 Å². The normalized spacial score (nSPS) is 14.5. The van der Waals surface area contributed by atoms with Gasteiger partial charge in [0.05, 0.1) is 0 Å². The molecule has 0 aromatic heterocycles. The van der Waals surface area contributed by atoms with E-state index in [0.29, 0.717) is 13.1 Å². The van der Waals surface area contributed by atoms with Crippen molar-refractivity contribution in [2.24, 2.45) is 0 Å². The molecule has 1 atom stereocenters. The highest BCUT2D eigenvalue weighted by Gasteiger charge is 2.27. The first-order valence-corrected chi connectivity index (χ1v) is 9.81. The lowest BCUT2D eigenvalue weighted by molar-refractivity contribution is 0.0724. The molecule has 3 nitrogen and oxygen atoms in total. The molecule has 1 unspecified atom stereocenters. The maximum absolute atomic E-state index is 13.1. The SMILES string of the molecule is Cc1ccccc1CN1CCc2c(OC(C)c3ccccc3)cccc2C1=O. The number of carbonyl (C=O) groups excluding carboxylic acids is 1. The number of nitrogens with zero attached hydrogens (tertiary/aromatic N) is 1. The molecule has 0 N–H and O–H groups in total. The van der Waals surface area contributed by atoms with Crippen molar-refractivity contribution in [2.75, 3.05) is 6.54 Å². The van der Waals surface area contributed by atoms with E-state index >= 15 is 0 Å². The molecule has 0 spiro atoms. The van der Waals surface area contributed by atoms with Crippen LogP contribution in [0.4, 0.5) is 0 Å². The van der Waals surface area contributed by atoms with Crippen LogP contribution in [0.2, 0.25) is 0 Å². The Kier molecular flexibility index (Phi) is 5.16. The molecule has 4 rings (SSSR count). The summed E-state index contributed by atoms with van der Waals surface area (Å²) in [7, 11) is 0. The topological polar surface area (TPSA) is 29.5 Å². The highest BCUT2D eigenvalue weighted by Crippen LogP contribution is 2.32. The molecule has 1 aliphatic rings. The van der Waals surface area contributed by atoms with Crippen molar-refractivity contribution in [1.29, 1.82) is 0 Å². The van der Waals surface area contributed by atoms with Crippen molar-refractivity contribution in [1.82, 2.24) is 4.90 Å². The second kappa shape index (κ2) is 7.89. The summed E-state index contributed by atoms with van der Waals surface area (Å²) in [5.74, 6) is 0.903. The van der Waals surface area contributed by atoms with E-state index in [1.54, 1.807) is 0 Å². The van der Waals surface area contributed by atoms with E-state index in [4.69, 9.17) is 4.74 Å². The average Bonchev–Trinajstić information content (AvgIpc) is 2.72. The lowest BCUT2D eigenvalue weighted by Crippen LogP contribution is -2.37. The first kappa shape index (κ1) is 18.3. The third kappa shape index (κ3) is 3.65. The molecule has 28 heavy (non-hydrogen) atoms. The van der Waals surface area contributed by atoms with Gasteiger partial charge >= 0.3 is 0 Å². The monoisotopic (exact) mass is 371 g/mol. The number of carbonyl (C=O) groups is 1. The van der Waals surface area contributed by atoms with Crippen molar-refractivity contribution in [3.05, 3.63) is 101 Å². The van der Waals surface area contributed by atoms with E-state index in [-0.39, 0.29) is 12.0 Å². The summed E-state index contributed by atoms with van der Waals surface area (Å²) >= 11 is 0. The molecule has 0 fully saturated rings. The van der Waals surface area contributed by atoms with E-state index in [0.717, 1.165) is 28.9 Å². The summed E-state index contributed by atoms with van der Waals surface area (Å²) in [5, 5.41) is 0. The fraction of sp³-hybridized carbons (Fsp3) is 0.240. The molecule has 0 aliphatic carbocycles. The molecule has 0 radical (unpaired) electrons. The second-order valence-corrected chi connectivity index (χ2v) is 7.36. The van der Waals surface area contributed by atoms with Gasteiger partial charge in [0.2, 0.25) is 0 Å². The van der Waals surface area contributed by atoms with Gasteiger partial charge in [-0.3, -0.25) is 4.79 Å². The minimum absolute atomic E-state index is 0.0622. The number of amides is 1. The van der Waals surface area contributed by atoms with Gasteiger partial charge in [0.15, 0.2) is 0 Å². The van der Waals surface area contributed by atoms with E-state index in [1.807, 2.05) is 60.4 Å². The maximum Gasteiger partial charge on any atom is 0.254 e. The fourth-order valence-electron chi connectivity index (χ4n) is 3.78. The van der Waals surface area contributed by atoms with E-state index in [2.05, 4.69) is 31.2 Å². The average molecular weight is 371 g/mol. The molecule has 3 aromatic rings. The molecule has 0 bridgehead atoms. The number of fused-ring (bicyclic) bond motifs is 1. The van der Waals surface area contributed by atoms with Crippen LogP contribution in [0.1, 0.15) is 45.6 Å². The first-order valence-electron chi connectivity index (χ1n) is 9.81. The summed E-state index contributed by atoms with van der Waals surface area (Å²) in [6.07, 6.45) is 0.748. The van der Waals surface area contributed by atoms with Crippen LogP contribution in [0, 0.1) is 6.92 Å². The number of benzene rings is 3. The van der Waals surface area contributed by atoms with Crippen LogP contribution in [0.3, 0.4) is 0 Å². The number of ether oxygens (including phenoxy) is 1. The third-order valence-electron chi connectivity index (χ3n) is 5.48. The van der Waals surface area contributed by atoms with Crippen molar-refractivity contribution < 1.29 is 9.53 Å². The Morgan fingerprint density at radius 1 is 0.964 bits per heavy atom. The minimum atomic E-state index is -0.0622. The van der Waals surface area contributed by atoms with Gasteiger partial charge in [-0.25, -0.2) is 0 Å². The molecule has 0 saturated heterocycles. The fourth-order valence-corrected chi connectivity index (χ4v) is 3.78. The van der Waals surface area contributed by atoms with Crippen LogP contribution >= 0.6 is 0 Å². The number of hydrogen-bond acceptors (Lipinski definition) is 2. The Labute approximate surface area is 166 Å². The van der Waals surface area contributed by atoms with Gasteiger partial charge in [-0.1, -0.05) is 60.7 Å². The molecule has 1 amide bonds. The standard InChI is InChI=1S/C25H25NO2/c1-18-9-6-7-12-21(18)17-26-16-15-22-23(25(26)27)13-8-14-24(22)28-19(2)20-10-4-3-5-11-20/h3-14,19H,15-17H2,1-2H3. The lowest BCUT2D eigenvalue weighted by atomic mass is 9.97. The first-order chi connectivity index (χ1) is 13.6. The minimum Gasteiger partial charge on any atom is -0.486 e. The Morgan fingerprint density at radius 3 is 2.50 bits per heavy atom. The van der Waals surface area contributed by atoms with Gasteiger partial charge < -0.3 is 9.64 Å². The Morgan fingerprint density at radius 2 is 1.71 bits per heavy atom. The zero-order valence-electron chi connectivity index (χ0n) is 16.4. The summed E-state index contributed by atoms with van der Waals surface area (Å²) < 4.78 is 6.25. The summed E-state index contributed by atoms with van der Waals surface area (Å²) in [6.45, 7) is 5.50. The highest BCUT2D eigenvalue weighted by molar-refractivity contribution is 5.97. The predicted octanol–water partition coefficient (Wildman–Crippen LogP) is 5.33. The van der Waals surface area contributed by atoms with Crippen LogP contribution in [0.5, 0.6) is 5.75 Å². The Balaban J connectivity index is 1.55. The van der Waals surface area contributed by atoms with E-state index in [1.165, 1.54) is 11.1 Å². The van der Waals surface area contributed by atoms with Gasteiger partial charge in [0.1, 0.15) is 11.9 Å². The smallest absolute Gasteiger partial charge is 0.254 e. The molecule has 3 aromatic carbocycles. The van der Waals surface area contributed by atoms with Crippen LogP contribution in [-0.2, 0) is 13.0 Å². The van der Waals surface area contributed by atoms with Gasteiger partial charge in [-0.15, -0.1) is 0 Å². The van der Waals surface area contributed by atoms with Crippen molar-refractivity contribution in [3.63, 3.8) is 0 Å². The van der Waals surface area contributed by atoms with Crippen LogP contribution < -0.4 is 4.74 Å². The zero-order chi connectivity index (χ0) is 19.5. The molecule has 142 valence electrons. The van der Waals surface area contributed by atoms with Crippen molar-refractivity contribution >= 4 is 5.91 Å². The van der Waals surface area contributed by atoms with Crippen molar-refractivity contribution in [3.8, 4) is 5.75 Å². The molecule has 1 aliphatic heterocycles. The molecule has 0 saturated carbocycles. The number of hydrogen-bond donors (Lipinski definition) is 0. The van der Waals surface area contributed by atoms with Crippen LogP contribution in [0.25, 0.3) is 0 Å². The van der Waals surface area contributed by atoms with Crippen LogP contribution in [0.15, 0.2) is 72.8 Å². The lowest BCUT2D eigenvalue weighted by Gasteiger charge is -2.30. The Bertz CT molecular complexity index is 981. The summed E-state index contributed by atoms with van der Waals surface area (Å²) in [5.41, 5.74) is 5.33. The van der Waals surface area contributed by atoms with Gasteiger partial charge in [0.25, 0.3) is 5.91 Å². The summed E-state index contributed by atoms with van der Waals surface area (Å²) in [6, 6.07) is 24.2.